The Morgan fingerprint density at radius 2 is 2.06 bits per heavy atom. The van der Waals surface area contributed by atoms with Crippen molar-refractivity contribution in [1.82, 2.24) is 10.3 Å². The predicted molar refractivity (Wildman–Crippen MR) is 76.2 cm³/mol. The zero-order valence-electron chi connectivity index (χ0n) is 11.7. The van der Waals surface area contributed by atoms with Gasteiger partial charge in [0.05, 0.1) is 0 Å². The minimum Gasteiger partial charge on any atom is -0.339 e. The largest absolute Gasteiger partial charge is 0.339 e. The number of hydrogen-bond acceptors (Lipinski definition) is 2. The van der Waals surface area contributed by atoms with E-state index in [0.29, 0.717) is 6.04 Å². The first-order chi connectivity index (χ1) is 8.86. The van der Waals surface area contributed by atoms with Crippen LogP contribution in [0.15, 0.2) is 4.99 Å². The van der Waals surface area contributed by atoms with Crippen LogP contribution in [-0.2, 0) is 0 Å². The molecule has 18 heavy (non-hydrogen) atoms. The van der Waals surface area contributed by atoms with Crippen LogP contribution in [0.4, 0.5) is 0 Å². The molecule has 4 heteroatoms. The van der Waals surface area contributed by atoms with E-state index >= 15 is 0 Å². The van der Waals surface area contributed by atoms with Crippen LogP contribution in [-0.4, -0.2) is 30.0 Å². The van der Waals surface area contributed by atoms with E-state index in [0.717, 1.165) is 31.4 Å². The van der Waals surface area contributed by atoms with Crippen molar-refractivity contribution in [3.8, 4) is 0 Å². The highest BCUT2D eigenvalue weighted by atomic mass is 15.4. The van der Waals surface area contributed by atoms with Crippen LogP contribution >= 0.6 is 0 Å². The van der Waals surface area contributed by atoms with E-state index in [-0.39, 0.29) is 0 Å². The van der Waals surface area contributed by atoms with Crippen molar-refractivity contribution in [2.45, 2.75) is 64.3 Å². The lowest BCUT2D eigenvalue weighted by atomic mass is 9.78. The quantitative estimate of drug-likeness (QED) is 0.266. The van der Waals surface area contributed by atoms with Crippen LogP contribution < -0.4 is 11.3 Å². The summed E-state index contributed by atoms with van der Waals surface area (Å²) in [6, 6.07) is 0.684. The summed E-state index contributed by atoms with van der Waals surface area (Å²) in [6.45, 7) is 4.21. The molecule has 2 rings (SSSR count). The third kappa shape index (κ3) is 3.16. The van der Waals surface area contributed by atoms with Crippen LogP contribution in [0.2, 0.25) is 0 Å². The minimum atomic E-state index is 0.684. The molecule has 0 amide bonds. The molecule has 1 aliphatic heterocycles. The van der Waals surface area contributed by atoms with Gasteiger partial charge in [-0.1, -0.05) is 26.2 Å². The van der Waals surface area contributed by atoms with E-state index in [9.17, 15) is 0 Å². The van der Waals surface area contributed by atoms with Crippen LogP contribution in [0.1, 0.15) is 58.3 Å². The van der Waals surface area contributed by atoms with E-state index in [1.54, 1.807) is 0 Å². The lowest BCUT2D eigenvalue weighted by Gasteiger charge is -2.45. The van der Waals surface area contributed by atoms with E-state index in [1.165, 1.54) is 44.9 Å². The first kappa shape index (κ1) is 13.7. The highest BCUT2D eigenvalue weighted by molar-refractivity contribution is 5.79. The number of rotatable bonds is 3. The Bertz CT molecular complexity index is 275. The number of nitrogens with one attached hydrogen (secondary N) is 1. The Balaban J connectivity index is 2.01. The molecule has 104 valence electrons. The Hall–Kier alpha value is -0.770. The molecule has 0 bridgehead atoms. The Kier molecular flexibility index (Phi) is 5.29. The number of aliphatic imine (C=N–C) groups is 1. The predicted octanol–water partition coefficient (Wildman–Crippen LogP) is 2.26. The number of guanidine groups is 1. The van der Waals surface area contributed by atoms with E-state index in [4.69, 9.17) is 5.84 Å². The highest BCUT2D eigenvalue weighted by Crippen LogP contribution is 2.35. The number of hydrazine groups is 1. The molecule has 2 aliphatic rings. The molecule has 0 unspecified atom stereocenters. The van der Waals surface area contributed by atoms with Crippen molar-refractivity contribution < 1.29 is 0 Å². The molecule has 0 aromatic rings. The number of hydrogen-bond donors (Lipinski definition) is 2. The fraction of sp³-hybridized carbons (Fsp3) is 0.929. The number of piperidine rings is 1. The summed E-state index contributed by atoms with van der Waals surface area (Å²) in [5, 5.41) is 0. The molecule has 1 saturated carbocycles. The molecule has 0 radical (unpaired) electrons. The second-order valence-electron chi connectivity index (χ2n) is 5.65. The molecule has 0 aromatic carbocycles. The number of nitrogens with two attached hydrogens (primary N) is 1. The van der Waals surface area contributed by atoms with E-state index in [2.05, 4.69) is 22.2 Å². The zero-order chi connectivity index (χ0) is 12.8. The maximum atomic E-state index is 5.69. The molecule has 0 aromatic heterocycles. The van der Waals surface area contributed by atoms with Crippen LogP contribution in [0.3, 0.4) is 0 Å². The summed E-state index contributed by atoms with van der Waals surface area (Å²) in [4.78, 5) is 7.10. The maximum Gasteiger partial charge on any atom is 0.208 e. The third-order valence-corrected chi connectivity index (χ3v) is 4.42. The van der Waals surface area contributed by atoms with Gasteiger partial charge in [0.2, 0.25) is 5.96 Å². The van der Waals surface area contributed by atoms with Gasteiger partial charge in [-0.15, -0.1) is 0 Å². The molecule has 2 atom stereocenters. The van der Waals surface area contributed by atoms with Gasteiger partial charge in [0, 0.05) is 19.1 Å². The molecule has 3 N–H and O–H groups in total. The number of likely N-dealkylation sites (tertiary alicyclic amines) is 1. The van der Waals surface area contributed by atoms with Gasteiger partial charge in [-0.3, -0.25) is 10.4 Å². The Morgan fingerprint density at radius 3 is 2.83 bits per heavy atom. The molecule has 2 fully saturated rings. The van der Waals surface area contributed by atoms with Gasteiger partial charge in [0.1, 0.15) is 0 Å². The van der Waals surface area contributed by atoms with Crippen LogP contribution in [0.5, 0.6) is 0 Å². The summed E-state index contributed by atoms with van der Waals surface area (Å²) < 4.78 is 0. The maximum absolute atomic E-state index is 5.69. The van der Waals surface area contributed by atoms with Gasteiger partial charge in [0.25, 0.3) is 0 Å². The summed E-state index contributed by atoms with van der Waals surface area (Å²) >= 11 is 0. The zero-order valence-corrected chi connectivity index (χ0v) is 11.7. The van der Waals surface area contributed by atoms with Crippen LogP contribution in [0, 0.1) is 5.92 Å². The van der Waals surface area contributed by atoms with Gasteiger partial charge < -0.3 is 4.90 Å². The lowest BCUT2D eigenvalue weighted by molar-refractivity contribution is 0.116. The molecular weight excluding hydrogens is 224 g/mol. The molecule has 1 heterocycles. The molecular formula is C14H28N4. The summed E-state index contributed by atoms with van der Waals surface area (Å²) in [6.07, 6.45) is 10.5. The van der Waals surface area contributed by atoms with E-state index in [1.807, 2.05) is 0 Å². The first-order valence-corrected chi connectivity index (χ1v) is 7.64. The summed E-state index contributed by atoms with van der Waals surface area (Å²) in [5.74, 6) is 7.49. The van der Waals surface area contributed by atoms with Crippen molar-refractivity contribution in [1.29, 1.82) is 0 Å². The van der Waals surface area contributed by atoms with Gasteiger partial charge in [-0.05, 0) is 38.0 Å². The normalized spacial score (nSPS) is 29.0. The second kappa shape index (κ2) is 6.98. The average molecular weight is 252 g/mol. The third-order valence-electron chi connectivity index (χ3n) is 4.42. The summed E-state index contributed by atoms with van der Waals surface area (Å²) in [5.41, 5.74) is 2.84. The molecule has 1 aliphatic carbocycles. The van der Waals surface area contributed by atoms with Gasteiger partial charge in [-0.25, -0.2) is 5.84 Å². The number of nitrogens with zero attached hydrogens (tertiary/aromatic N) is 2. The highest BCUT2D eigenvalue weighted by Gasteiger charge is 2.34. The summed E-state index contributed by atoms with van der Waals surface area (Å²) in [7, 11) is 0. The first-order valence-electron chi connectivity index (χ1n) is 7.64. The van der Waals surface area contributed by atoms with Gasteiger partial charge >= 0.3 is 0 Å². The average Bonchev–Trinajstić information content (AvgIpc) is 2.43. The SMILES string of the molecule is CCCCN=C(NN)N1CCC[C@H]2CCCC[C@H]21. The second-order valence-corrected chi connectivity index (χ2v) is 5.65. The molecule has 0 spiro atoms. The smallest absolute Gasteiger partial charge is 0.208 e. The Morgan fingerprint density at radius 1 is 1.28 bits per heavy atom. The monoisotopic (exact) mass is 252 g/mol. The minimum absolute atomic E-state index is 0.684. The van der Waals surface area contributed by atoms with Crippen LogP contribution in [0.25, 0.3) is 0 Å². The topological polar surface area (TPSA) is 53.6 Å². The van der Waals surface area contributed by atoms with Gasteiger partial charge in [-0.2, -0.15) is 0 Å². The number of fused-ring (bicyclic) bond motifs is 1. The Labute approximate surface area is 111 Å². The van der Waals surface area contributed by atoms with Crippen molar-refractivity contribution in [3.63, 3.8) is 0 Å². The molecule has 1 saturated heterocycles. The van der Waals surface area contributed by atoms with E-state index < -0.39 is 0 Å². The van der Waals surface area contributed by atoms with Crippen molar-refractivity contribution in [2.24, 2.45) is 16.8 Å². The van der Waals surface area contributed by atoms with Gasteiger partial charge in [0.15, 0.2) is 0 Å². The standard InChI is InChI=1S/C14H28N4/c1-2-3-10-16-14(17-15)18-11-6-8-12-7-4-5-9-13(12)18/h12-13H,2-11,15H2,1H3,(H,16,17)/t12-,13-/m1/s1. The van der Waals surface area contributed by atoms with Crippen molar-refractivity contribution in [3.05, 3.63) is 0 Å². The van der Waals surface area contributed by atoms with Crippen molar-refractivity contribution >= 4 is 5.96 Å². The lowest BCUT2D eigenvalue weighted by Crippen LogP contribution is -2.55. The fourth-order valence-corrected chi connectivity index (χ4v) is 3.45. The fourth-order valence-electron chi connectivity index (χ4n) is 3.45. The van der Waals surface area contributed by atoms with Crippen molar-refractivity contribution in [2.75, 3.05) is 13.1 Å². The number of unbranched alkanes of at least 4 members (excludes halogenated alkanes) is 1. The molecule has 4 nitrogen and oxygen atoms in total.